The van der Waals surface area contributed by atoms with Gasteiger partial charge in [0.1, 0.15) is 5.75 Å². The van der Waals surface area contributed by atoms with Crippen molar-refractivity contribution in [2.24, 2.45) is 0 Å². The molecule has 0 aromatic heterocycles. The SMILES string of the molecule is COCCNC(=O)c1ccccc1NC(=O)c1cc(C(C)C)c(OC)cc1C. The minimum absolute atomic E-state index is 0.209. The number of anilines is 1. The highest BCUT2D eigenvalue weighted by Crippen LogP contribution is 2.30. The first kappa shape index (κ1) is 21.4. The van der Waals surface area contributed by atoms with Crippen LogP contribution in [0, 0.1) is 6.92 Å². The number of rotatable bonds is 8. The summed E-state index contributed by atoms with van der Waals surface area (Å²) in [7, 11) is 3.20. The van der Waals surface area contributed by atoms with Crippen molar-refractivity contribution in [3.05, 3.63) is 58.7 Å². The number of ether oxygens (including phenoxy) is 2. The second-order valence-electron chi connectivity index (χ2n) is 6.81. The van der Waals surface area contributed by atoms with Crippen molar-refractivity contribution in [2.45, 2.75) is 26.7 Å². The smallest absolute Gasteiger partial charge is 0.255 e. The van der Waals surface area contributed by atoms with E-state index in [0.29, 0.717) is 30.0 Å². The Balaban J connectivity index is 2.29. The number of methoxy groups -OCH3 is 2. The van der Waals surface area contributed by atoms with Gasteiger partial charge in [0.25, 0.3) is 11.8 Å². The minimum Gasteiger partial charge on any atom is -0.496 e. The van der Waals surface area contributed by atoms with Crippen LogP contribution in [0.4, 0.5) is 5.69 Å². The van der Waals surface area contributed by atoms with E-state index in [4.69, 9.17) is 9.47 Å². The Morgan fingerprint density at radius 3 is 2.39 bits per heavy atom. The Morgan fingerprint density at radius 2 is 1.75 bits per heavy atom. The molecule has 2 N–H and O–H groups in total. The molecule has 0 unspecified atom stereocenters. The lowest BCUT2D eigenvalue weighted by atomic mass is 9.96. The normalized spacial score (nSPS) is 10.6. The maximum absolute atomic E-state index is 12.9. The summed E-state index contributed by atoms with van der Waals surface area (Å²) in [4.78, 5) is 25.4. The quantitative estimate of drug-likeness (QED) is 0.680. The van der Waals surface area contributed by atoms with Crippen LogP contribution in [0.25, 0.3) is 0 Å². The molecule has 0 aliphatic rings. The second-order valence-corrected chi connectivity index (χ2v) is 6.81. The summed E-state index contributed by atoms with van der Waals surface area (Å²) in [6, 6.07) is 10.7. The highest BCUT2D eigenvalue weighted by Gasteiger charge is 2.18. The van der Waals surface area contributed by atoms with E-state index in [1.807, 2.05) is 19.1 Å². The Labute approximate surface area is 166 Å². The van der Waals surface area contributed by atoms with E-state index >= 15 is 0 Å². The van der Waals surface area contributed by atoms with E-state index in [1.165, 1.54) is 0 Å². The molecule has 2 aromatic carbocycles. The summed E-state index contributed by atoms with van der Waals surface area (Å²) in [5.41, 5.74) is 3.19. The van der Waals surface area contributed by atoms with Gasteiger partial charge in [-0.3, -0.25) is 9.59 Å². The Morgan fingerprint density at radius 1 is 1.04 bits per heavy atom. The monoisotopic (exact) mass is 384 g/mol. The number of carbonyl (C=O) groups is 2. The average Bonchev–Trinajstić information content (AvgIpc) is 2.67. The van der Waals surface area contributed by atoms with Crippen LogP contribution in [0.5, 0.6) is 5.75 Å². The topological polar surface area (TPSA) is 76.7 Å². The molecule has 0 bridgehead atoms. The molecule has 2 aromatic rings. The first-order valence-electron chi connectivity index (χ1n) is 9.25. The first-order chi connectivity index (χ1) is 13.4. The largest absolute Gasteiger partial charge is 0.496 e. The summed E-state index contributed by atoms with van der Waals surface area (Å²) < 4.78 is 10.4. The molecule has 0 atom stereocenters. The standard InChI is InChI=1S/C22H28N2O4/c1-14(2)17-13-18(15(3)12-20(17)28-5)22(26)24-19-9-7-6-8-16(19)21(25)23-10-11-27-4/h6-9,12-14H,10-11H2,1-5H3,(H,23,25)(H,24,26). The van der Waals surface area contributed by atoms with Gasteiger partial charge in [0.05, 0.1) is 25.0 Å². The molecule has 0 saturated carbocycles. The second kappa shape index (κ2) is 9.90. The Hall–Kier alpha value is -2.86. The molecule has 6 nitrogen and oxygen atoms in total. The van der Waals surface area contributed by atoms with Gasteiger partial charge in [0.15, 0.2) is 0 Å². The molecule has 0 aliphatic heterocycles. The molecule has 2 amide bonds. The lowest BCUT2D eigenvalue weighted by molar-refractivity contribution is 0.0938. The van der Waals surface area contributed by atoms with Gasteiger partial charge in [-0.25, -0.2) is 0 Å². The van der Waals surface area contributed by atoms with E-state index in [-0.39, 0.29) is 17.7 Å². The molecule has 28 heavy (non-hydrogen) atoms. The number of nitrogens with one attached hydrogen (secondary N) is 2. The van der Waals surface area contributed by atoms with E-state index in [2.05, 4.69) is 24.5 Å². The molecule has 0 spiro atoms. The third-order valence-corrected chi connectivity index (χ3v) is 4.45. The molecule has 0 saturated heterocycles. The van der Waals surface area contributed by atoms with Crippen LogP contribution in [0.1, 0.15) is 51.6 Å². The molecule has 0 heterocycles. The van der Waals surface area contributed by atoms with Crippen LogP contribution < -0.4 is 15.4 Å². The summed E-state index contributed by atoms with van der Waals surface area (Å²) in [5.74, 6) is 0.449. The van der Waals surface area contributed by atoms with Gasteiger partial charge >= 0.3 is 0 Å². The zero-order valence-electron chi connectivity index (χ0n) is 17.1. The first-order valence-corrected chi connectivity index (χ1v) is 9.25. The summed E-state index contributed by atoms with van der Waals surface area (Å²) in [5, 5.41) is 5.64. The minimum atomic E-state index is -0.265. The Kier molecular flexibility index (Phi) is 7.58. The molecule has 6 heteroatoms. The highest BCUT2D eigenvalue weighted by molar-refractivity contribution is 6.09. The van der Waals surface area contributed by atoms with Crippen molar-refractivity contribution < 1.29 is 19.1 Å². The maximum Gasteiger partial charge on any atom is 0.255 e. The van der Waals surface area contributed by atoms with Crippen LogP contribution in [0.3, 0.4) is 0 Å². The van der Waals surface area contributed by atoms with Gasteiger partial charge in [0.2, 0.25) is 0 Å². The van der Waals surface area contributed by atoms with Crippen molar-refractivity contribution in [1.82, 2.24) is 5.32 Å². The number of aryl methyl sites for hydroxylation is 1. The van der Waals surface area contributed by atoms with Crippen molar-refractivity contribution in [2.75, 3.05) is 32.7 Å². The van der Waals surface area contributed by atoms with Gasteiger partial charge in [-0.05, 0) is 48.2 Å². The van der Waals surface area contributed by atoms with Crippen molar-refractivity contribution >= 4 is 17.5 Å². The molecular weight excluding hydrogens is 356 g/mol. The van der Waals surface area contributed by atoms with Crippen LogP contribution in [0.15, 0.2) is 36.4 Å². The molecule has 0 fully saturated rings. The maximum atomic E-state index is 12.9. The van der Waals surface area contributed by atoms with E-state index in [1.54, 1.807) is 38.5 Å². The third-order valence-electron chi connectivity index (χ3n) is 4.45. The van der Waals surface area contributed by atoms with Crippen molar-refractivity contribution in [3.8, 4) is 5.75 Å². The fraction of sp³-hybridized carbons (Fsp3) is 0.364. The van der Waals surface area contributed by atoms with Crippen LogP contribution >= 0.6 is 0 Å². The third kappa shape index (κ3) is 5.10. The summed E-state index contributed by atoms with van der Waals surface area (Å²) >= 11 is 0. The average molecular weight is 384 g/mol. The zero-order valence-corrected chi connectivity index (χ0v) is 17.1. The van der Waals surface area contributed by atoms with E-state index in [9.17, 15) is 9.59 Å². The number of amides is 2. The van der Waals surface area contributed by atoms with Gasteiger partial charge in [-0.15, -0.1) is 0 Å². The van der Waals surface area contributed by atoms with Gasteiger partial charge in [-0.1, -0.05) is 26.0 Å². The number of hydrogen-bond donors (Lipinski definition) is 2. The van der Waals surface area contributed by atoms with Gasteiger partial charge in [0, 0.05) is 19.2 Å². The Bertz CT molecular complexity index is 846. The van der Waals surface area contributed by atoms with Crippen molar-refractivity contribution in [1.29, 1.82) is 0 Å². The number of hydrogen-bond acceptors (Lipinski definition) is 4. The lowest BCUT2D eigenvalue weighted by Gasteiger charge is -2.17. The lowest BCUT2D eigenvalue weighted by Crippen LogP contribution is -2.28. The molecule has 0 aliphatic carbocycles. The highest BCUT2D eigenvalue weighted by atomic mass is 16.5. The van der Waals surface area contributed by atoms with Crippen molar-refractivity contribution in [3.63, 3.8) is 0 Å². The van der Waals surface area contributed by atoms with Crippen LogP contribution in [0.2, 0.25) is 0 Å². The fourth-order valence-electron chi connectivity index (χ4n) is 2.91. The van der Waals surface area contributed by atoms with Crippen LogP contribution in [-0.2, 0) is 4.74 Å². The molecule has 150 valence electrons. The van der Waals surface area contributed by atoms with E-state index < -0.39 is 0 Å². The van der Waals surface area contributed by atoms with Gasteiger partial charge in [-0.2, -0.15) is 0 Å². The predicted octanol–water partition coefficient (Wildman–Crippen LogP) is 3.76. The number of para-hydroxylation sites is 1. The summed E-state index contributed by atoms with van der Waals surface area (Å²) in [6.45, 7) is 6.78. The molecule has 0 radical (unpaired) electrons. The zero-order chi connectivity index (χ0) is 20.7. The van der Waals surface area contributed by atoms with E-state index in [0.717, 1.165) is 16.9 Å². The molecule has 2 rings (SSSR count). The predicted molar refractivity (Wildman–Crippen MR) is 110 cm³/mol. The summed E-state index contributed by atoms with van der Waals surface area (Å²) in [6.07, 6.45) is 0. The number of carbonyl (C=O) groups excluding carboxylic acids is 2. The molecular formula is C22H28N2O4. The van der Waals surface area contributed by atoms with Gasteiger partial charge < -0.3 is 20.1 Å². The number of benzene rings is 2. The van der Waals surface area contributed by atoms with Crippen LogP contribution in [-0.4, -0.2) is 39.2 Å². The fourth-order valence-corrected chi connectivity index (χ4v) is 2.91.